The molecule has 0 saturated heterocycles. The van der Waals surface area contributed by atoms with Crippen LogP contribution in [-0.2, 0) is 0 Å². The molecule has 0 spiro atoms. The van der Waals surface area contributed by atoms with Crippen molar-refractivity contribution in [3.05, 3.63) is 108 Å². The van der Waals surface area contributed by atoms with Gasteiger partial charge in [-0.3, -0.25) is 0 Å². The molecule has 0 saturated carbocycles. The van der Waals surface area contributed by atoms with Crippen LogP contribution < -0.4 is 9.13 Å². The predicted molar refractivity (Wildman–Crippen MR) is 160 cm³/mol. The Morgan fingerprint density at radius 2 is 0.825 bits per heavy atom. The van der Waals surface area contributed by atoms with Crippen molar-refractivity contribution in [1.29, 1.82) is 0 Å². The van der Waals surface area contributed by atoms with Crippen molar-refractivity contribution < 1.29 is 9.13 Å². The number of para-hydroxylation sites is 2. The van der Waals surface area contributed by atoms with Crippen LogP contribution in [0.4, 0.5) is 0 Å². The van der Waals surface area contributed by atoms with Gasteiger partial charge in [-0.25, -0.2) is 18.3 Å². The first kappa shape index (κ1) is 27.5. The van der Waals surface area contributed by atoms with E-state index in [-0.39, 0.29) is 0 Å². The van der Waals surface area contributed by atoms with Crippen LogP contribution in [-0.4, -0.2) is 19.3 Å². The summed E-state index contributed by atoms with van der Waals surface area (Å²) in [5, 5.41) is 9.18. The fourth-order valence-electron chi connectivity index (χ4n) is 5.46. The summed E-state index contributed by atoms with van der Waals surface area (Å²) >= 11 is 0. The quantitative estimate of drug-likeness (QED) is 0.199. The Morgan fingerprint density at radius 3 is 1.10 bits per heavy atom. The third-order valence-electron chi connectivity index (χ3n) is 7.64. The molecule has 5 aromatic rings. The zero-order valence-electron chi connectivity index (χ0n) is 25.1. The molecule has 0 N–H and O–H groups in total. The predicted octanol–water partition coefficient (Wildman–Crippen LogP) is 7.11. The summed E-state index contributed by atoms with van der Waals surface area (Å²) in [6.07, 6.45) is 12.5. The van der Waals surface area contributed by atoms with Gasteiger partial charge in [0.15, 0.2) is 12.7 Å². The van der Waals surface area contributed by atoms with Crippen molar-refractivity contribution in [2.24, 2.45) is 0 Å². The van der Waals surface area contributed by atoms with E-state index in [0.29, 0.717) is 23.7 Å². The minimum atomic E-state index is 0.428. The van der Waals surface area contributed by atoms with Crippen LogP contribution in [0, 0.1) is 0 Å². The van der Waals surface area contributed by atoms with Crippen molar-refractivity contribution in [3.63, 3.8) is 0 Å². The molecule has 3 aromatic heterocycles. The van der Waals surface area contributed by atoms with Crippen molar-refractivity contribution in [2.75, 3.05) is 0 Å². The zero-order valence-corrected chi connectivity index (χ0v) is 25.1. The SMILES string of the molecule is CC(C)c1cccc(C(C)C)c1-n1cc[n+](-c2ccc(-[n+]3ccn(-c4c(C(C)C)cccc4C(C)C)c3)nn2)c1. The van der Waals surface area contributed by atoms with Gasteiger partial charge in [0.05, 0.1) is 22.6 Å². The molecule has 0 fully saturated rings. The van der Waals surface area contributed by atoms with Gasteiger partial charge in [0.2, 0.25) is 0 Å². The van der Waals surface area contributed by atoms with Crippen LogP contribution in [0.5, 0.6) is 0 Å². The molecular formula is C34H42N6+2. The van der Waals surface area contributed by atoms with E-state index in [9.17, 15) is 0 Å². The molecule has 0 unspecified atom stereocenters. The van der Waals surface area contributed by atoms with Gasteiger partial charge in [-0.15, -0.1) is 0 Å². The first-order valence-corrected chi connectivity index (χ1v) is 14.4. The highest BCUT2D eigenvalue weighted by atomic mass is 15.3. The number of hydrogen-bond donors (Lipinski definition) is 0. The van der Waals surface area contributed by atoms with Crippen LogP contribution in [0.15, 0.2) is 86.0 Å². The second-order valence-electron chi connectivity index (χ2n) is 11.9. The second-order valence-corrected chi connectivity index (χ2v) is 11.9. The lowest BCUT2D eigenvalue weighted by atomic mass is 9.92. The van der Waals surface area contributed by atoms with Crippen LogP contribution in [0.25, 0.3) is 23.0 Å². The van der Waals surface area contributed by atoms with E-state index in [4.69, 9.17) is 0 Å². The third-order valence-corrected chi connectivity index (χ3v) is 7.64. The molecule has 5 rings (SSSR count). The van der Waals surface area contributed by atoms with Crippen LogP contribution in [0.1, 0.15) is 101 Å². The normalized spacial score (nSPS) is 11.9. The summed E-state index contributed by atoms with van der Waals surface area (Å²) < 4.78 is 8.49. The second kappa shape index (κ2) is 11.2. The van der Waals surface area contributed by atoms with Crippen molar-refractivity contribution >= 4 is 0 Å². The molecule has 6 nitrogen and oxygen atoms in total. The van der Waals surface area contributed by atoms with Gasteiger partial charge < -0.3 is 0 Å². The number of benzene rings is 2. The maximum atomic E-state index is 4.59. The van der Waals surface area contributed by atoms with E-state index in [1.54, 1.807) is 0 Å². The van der Waals surface area contributed by atoms with Gasteiger partial charge in [0.1, 0.15) is 23.8 Å². The molecule has 2 aromatic carbocycles. The molecule has 40 heavy (non-hydrogen) atoms. The molecule has 0 bridgehead atoms. The standard InChI is InChI=1S/C34H42N6/c1-23(2)27-11-9-12-28(24(3)4)33(27)39-19-17-37(21-39)31-15-16-32(36-35-31)38-18-20-40(22-38)34-29(25(5)6)13-10-14-30(34)26(7)8/h9-26H,1-8H3/q+2. The Morgan fingerprint density at radius 1 is 0.500 bits per heavy atom. The summed E-state index contributed by atoms with van der Waals surface area (Å²) in [7, 11) is 0. The van der Waals surface area contributed by atoms with Crippen molar-refractivity contribution in [1.82, 2.24) is 19.3 Å². The number of nitrogens with zero attached hydrogens (tertiary/aromatic N) is 6. The number of rotatable bonds is 8. The lowest BCUT2D eigenvalue weighted by Crippen LogP contribution is -2.33. The number of imidazole rings is 2. The molecule has 206 valence electrons. The molecule has 6 heteroatoms. The lowest BCUT2D eigenvalue weighted by Gasteiger charge is -2.17. The first-order chi connectivity index (χ1) is 19.2. The highest BCUT2D eigenvalue weighted by Gasteiger charge is 2.22. The van der Waals surface area contributed by atoms with Gasteiger partial charge in [0, 0.05) is 12.1 Å². The number of aromatic nitrogens is 6. The average molecular weight is 535 g/mol. The van der Waals surface area contributed by atoms with Crippen molar-refractivity contribution in [2.45, 2.75) is 79.1 Å². The molecule has 3 heterocycles. The fraction of sp³-hybridized carbons (Fsp3) is 0.353. The Balaban J connectivity index is 1.46. The van der Waals surface area contributed by atoms with E-state index < -0.39 is 0 Å². The van der Waals surface area contributed by atoms with Gasteiger partial charge in [-0.05, 0) is 45.9 Å². The Kier molecular flexibility index (Phi) is 7.70. The fourth-order valence-corrected chi connectivity index (χ4v) is 5.46. The third kappa shape index (κ3) is 5.23. The van der Waals surface area contributed by atoms with Gasteiger partial charge >= 0.3 is 11.6 Å². The molecular weight excluding hydrogens is 492 g/mol. The molecule has 0 radical (unpaired) electrons. The highest BCUT2D eigenvalue weighted by molar-refractivity contribution is 5.52. The van der Waals surface area contributed by atoms with E-state index in [1.165, 1.54) is 33.6 Å². The smallest absolute Gasteiger partial charge is 0.236 e. The van der Waals surface area contributed by atoms with E-state index in [0.717, 1.165) is 11.6 Å². The van der Waals surface area contributed by atoms with Crippen LogP contribution >= 0.6 is 0 Å². The lowest BCUT2D eigenvalue weighted by molar-refractivity contribution is -0.605. The summed E-state index contributed by atoms with van der Waals surface area (Å²) in [6.45, 7) is 18.0. The highest BCUT2D eigenvalue weighted by Crippen LogP contribution is 2.32. The van der Waals surface area contributed by atoms with Gasteiger partial charge in [-0.1, -0.05) is 91.8 Å². The maximum Gasteiger partial charge on any atom is 0.310 e. The van der Waals surface area contributed by atoms with E-state index >= 15 is 0 Å². The molecule has 0 aliphatic rings. The summed E-state index contributed by atoms with van der Waals surface area (Å²) in [4.78, 5) is 0. The molecule has 0 atom stereocenters. The number of hydrogen-bond acceptors (Lipinski definition) is 2. The zero-order chi connectivity index (χ0) is 28.6. The van der Waals surface area contributed by atoms with E-state index in [1.807, 2.05) is 33.7 Å². The minimum Gasteiger partial charge on any atom is -0.236 e. The molecule has 0 aliphatic carbocycles. The largest absolute Gasteiger partial charge is 0.310 e. The Hall–Kier alpha value is -4.06. The first-order valence-electron chi connectivity index (χ1n) is 14.4. The van der Waals surface area contributed by atoms with Crippen LogP contribution in [0.3, 0.4) is 0 Å². The van der Waals surface area contributed by atoms with Gasteiger partial charge in [0.25, 0.3) is 0 Å². The minimum absolute atomic E-state index is 0.428. The molecule has 0 aliphatic heterocycles. The Bertz CT molecular complexity index is 1430. The van der Waals surface area contributed by atoms with Gasteiger partial charge in [-0.2, -0.15) is 0 Å². The topological polar surface area (TPSA) is 43.4 Å². The average Bonchev–Trinajstić information content (AvgIpc) is 3.63. The maximum absolute atomic E-state index is 4.59. The summed E-state index contributed by atoms with van der Waals surface area (Å²) in [6, 6.07) is 17.3. The summed E-state index contributed by atoms with van der Waals surface area (Å²) in [5.74, 6) is 3.27. The van der Waals surface area contributed by atoms with E-state index in [2.05, 4.69) is 136 Å². The monoisotopic (exact) mass is 534 g/mol. The van der Waals surface area contributed by atoms with Crippen LogP contribution in [0.2, 0.25) is 0 Å². The molecule has 0 amide bonds. The Labute approximate surface area is 238 Å². The van der Waals surface area contributed by atoms with Crippen molar-refractivity contribution in [3.8, 4) is 23.0 Å². The summed E-state index contributed by atoms with van der Waals surface area (Å²) in [5.41, 5.74) is 7.89.